The highest BCUT2D eigenvalue weighted by atomic mass is 16.2. The normalized spacial score (nSPS) is 18.7. The zero-order valence-corrected chi connectivity index (χ0v) is 12.4. The van der Waals surface area contributed by atoms with Gasteiger partial charge in [-0.1, -0.05) is 0 Å². The van der Waals surface area contributed by atoms with E-state index in [1.165, 1.54) is 18.2 Å². The Labute approximate surface area is 131 Å². The third-order valence-electron chi connectivity index (χ3n) is 3.73. The number of aliphatic imine (C=N–C) groups is 1. The minimum Gasteiger partial charge on any atom is -0.382 e. The molecule has 2 amide bonds. The molecule has 0 atom stereocenters. The van der Waals surface area contributed by atoms with E-state index in [4.69, 9.17) is 16.9 Å². The Balaban J connectivity index is 2.07. The summed E-state index contributed by atoms with van der Waals surface area (Å²) in [7, 11) is 0. The van der Waals surface area contributed by atoms with Gasteiger partial charge in [0.1, 0.15) is 0 Å². The molecule has 2 aliphatic rings. The Morgan fingerprint density at radius 2 is 1.96 bits per heavy atom. The molecule has 0 spiro atoms. The summed E-state index contributed by atoms with van der Waals surface area (Å²) in [5.74, 6) is 0.301. The number of carbonyl (C=O) groups excluding carboxylic acids is 1. The van der Waals surface area contributed by atoms with Gasteiger partial charge in [-0.25, -0.2) is 14.5 Å². The van der Waals surface area contributed by atoms with Crippen LogP contribution in [0.1, 0.15) is 12.8 Å². The van der Waals surface area contributed by atoms with Gasteiger partial charge in [0.2, 0.25) is 0 Å². The lowest BCUT2D eigenvalue weighted by molar-refractivity contribution is 0.251. The van der Waals surface area contributed by atoms with E-state index in [0.717, 1.165) is 12.8 Å². The summed E-state index contributed by atoms with van der Waals surface area (Å²) in [5, 5.41) is 10.0. The number of carbonyl (C=O) groups is 1. The number of aromatic nitrogens is 2. The highest BCUT2D eigenvalue weighted by Gasteiger charge is 2.21. The number of primary amides is 1. The SMILES string of the molecule is N=C1C=C/C(=N\c2c(N)n3n(c2=O)CCCC3)C(NC(N)=O)=C1. The van der Waals surface area contributed by atoms with E-state index in [0.29, 0.717) is 24.6 Å². The zero-order valence-electron chi connectivity index (χ0n) is 12.4. The van der Waals surface area contributed by atoms with Crippen LogP contribution in [0.25, 0.3) is 0 Å². The first-order valence-electron chi connectivity index (χ1n) is 7.20. The summed E-state index contributed by atoms with van der Waals surface area (Å²) in [5.41, 5.74) is 11.8. The van der Waals surface area contributed by atoms with Crippen LogP contribution in [-0.2, 0) is 13.1 Å². The third kappa shape index (κ3) is 2.68. The Hall–Kier alpha value is -3.10. The van der Waals surface area contributed by atoms with Gasteiger partial charge in [-0.3, -0.25) is 9.48 Å². The van der Waals surface area contributed by atoms with Gasteiger partial charge in [-0.2, -0.15) is 0 Å². The highest BCUT2D eigenvalue weighted by molar-refractivity contribution is 6.21. The van der Waals surface area contributed by atoms with Gasteiger partial charge in [0.25, 0.3) is 5.56 Å². The Bertz CT molecular complexity index is 838. The van der Waals surface area contributed by atoms with Crippen LogP contribution in [0.15, 0.2) is 33.7 Å². The largest absolute Gasteiger partial charge is 0.382 e. The van der Waals surface area contributed by atoms with E-state index < -0.39 is 6.03 Å². The maximum atomic E-state index is 12.5. The van der Waals surface area contributed by atoms with Crippen molar-refractivity contribution in [1.29, 1.82) is 5.41 Å². The molecule has 0 radical (unpaired) electrons. The second-order valence-corrected chi connectivity index (χ2v) is 5.33. The van der Waals surface area contributed by atoms with Gasteiger partial charge >= 0.3 is 6.03 Å². The van der Waals surface area contributed by atoms with Crippen molar-refractivity contribution in [3.63, 3.8) is 0 Å². The first kappa shape index (κ1) is 14.8. The molecule has 0 saturated heterocycles. The van der Waals surface area contributed by atoms with Crippen LogP contribution in [0.2, 0.25) is 0 Å². The number of hydrogen-bond acceptors (Lipinski definition) is 5. The summed E-state index contributed by atoms with van der Waals surface area (Å²) >= 11 is 0. The van der Waals surface area contributed by atoms with E-state index >= 15 is 0 Å². The Kier molecular flexibility index (Phi) is 3.61. The molecule has 9 heteroatoms. The number of hydrogen-bond donors (Lipinski definition) is 4. The first-order chi connectivity index (χ1) is 11.0. The second-order valence-electron chi connectivity index (χ2n) is 5.33. The van der Waals surface area contributed by atoms with Crippen LogP contribution in [-0.4, -0.2) is 26.8 Å². The van der Waals surface area contributed by atoms with Crippen molar-refractivity contribution in [1.82, 2.24) is 14.7 Å². The summed E-state index contributed by atoms with van der Waals surface area (Å²) in [6.45, 7) is 1.28. The molecule has 120 valence electrons. The predicted molar refractivity (Wildman–Crippen MR) is 87.1 cm³/mol. The molecule has 6 N–H and O–H groups in total. The number of rotatable bonds is 2. The van der Waals surface area contributed by atoms with Gasteiger partial charge < -0.3 is 22.2 Å². The molecule has 0 aromatic carbocycles. The fraction of sp³-hybridized carbons (Fsp3) is 0.286. The van der Waals surface area contributed by atoms with Gasteiger partial charge in [-0.15, -0.1) is 0 Å². The van der Waals surface area contributed by atoms with Gasteiger partial charge in [0, 0.05) is 13.1 Å². The van der Waals surface area contributed by atoms with E-state index in [2.05, 4.69) is 10.3 Å². The van der Waals surface area contributed by atoms with Crippen molar-refractivity contribution < 1.29 is 4.79 Å². The summed E-state index contributed by atoms with van der Waals surface area (Å²) in [6.07, 6.45) is 6.33. The summed E-state index contributed by atoms with van der Waals surface area (Å²) < 4.78 is 3.31. The number of fused-ring (bicyclic) bond motifs is 1. The van der Waals surface area contributed by atoms with Crippen molar-refractivity contribution in [2.24, 2.45) is 10.7 Å². The molecule has 0 bridgehead atoms. The smallest absolute Gasteiger partial charge is 0.316 e. The zero-order chi connectivity index (χ0) is 16.6. The Morgan fingerprint density at radius 1 is 1.26 bits per heavy atom. The molecular formula is C14H17N7O2. The second kappa shape index (κ2) is 5.59. The molecule has 3 rings (SSSR count). The van der Waals surface area contributed by atoms with E-state index in [9.17, 15) is 9.59 Å². The fourth-order valence-corrected chi connectivity index (χ4v) is 2.67. The molecule has 1 aliphatic heterocycles. The quantitative estimate of drug-likeness (QED) is 0.580. The van der Waals surface area contributed by atoms with Crippen molar-refractivity contribution in [3.05, 3.63) is 34.3 Å². The van der Waals surface area contributed by atoms with E-state index in [1.807, 2.05) is 0 Å². The maximum absolute atomic E-state index is 12.5. The molecule has 0 saturated carbocycles. The summed E-state index contributed by atoms with van der Waals surface area (Å²) in [4.78, 5) is 27.9. The van der Waals surface area contributed by atoms with Gasteiger partial charge in [0.15, 0.2) is 11.5 Å². The van der Waals surface area contributed by atoms with Gasteiger partial charge in [0.05, 0.1) is 17.1 Å². The van der Waals surface area contributed by atoms with Crippen LogP contribution in [0.3, 0.4) is 0 Å². The number of urea groups is 1. The molecule has 1 aliphatic carbocycles. The van der Waals surface area contributed by atoms with Crippen molar-refractivity contribution in [3.8, 4) is 0 Å². The van der Waals surface area contributed by atoms with Crippen molar-refractivity contribution in [2.75, 3.05) is 5.73 Å². The van der Waals surface area contributed by atoms with Crippen molar-refractivity contribution in [2.45, 2.75) is 25.9 Å². The van der Waals surface area contributed by atoms with Crippen molar-refractivity contribution >= 4 is 29.0 Å². The third-order valence-corrected chi connectivity index (χ3v) is 3.73. The molecule has 23 heavy (non-hydrogen) atoms. The number of anilines is 1. The monoisotopic (exact) mass is 315 g/mol. The standard InChI is InChI=1S/C14H17N7O2/c15-8-3-4-9(10(7-8)19-14(17)23)18-11-12(16)20-5-1-2-6-21(20)13(11)22/h3-4,7,15H,1-2,5-6,16H2,(H3,17,19,23)/b15-8?,18-9+. The van der Waals surface area contributed by atoms with Crippen LogP contribution < -0.4 is 22.3 Å². The molecule has 1 aromatic heterocycles. The number of nitrogens with zero attached hydrogens (tertiary/aromatic N) is 3. The Morgan fingerprint density at radius 3 is 2.61 bits per heavy atom. The van der Waals surface area contributed by atoms with E-state index in [1.54, 1.807) is 9.36 Å². The molecule has 9 nitrogen and oxygen atoms in total. The highest BCUT2D eigenvalue weighted by Crippen LogP contribution is 2.23. The molecule has 2 heterocycles. The van der Waals surface area contributed by atoms with Crippen LogP contribution in [0, 0.1) is 5.41 Å². The minimum absolute atomic E-state index is 0.136. The lowest BCUT2D eigenvalue weighted by Gasteiger charge is -2.17. The number of nitrogens with one attached hydrogen (secondary N) is 2. The lowest BCUT2D eigenvalue weighted by Crippen LogP contribution is -2.33. The fourth-order valence-electron chi connectivity index (χ4n) is 2.67. The number of nitrogens with two attached hydrogens (primary N) is 2. The number of nitrogen functional groups attached to an aromatic ring is 1. The van der Waals surface area contributed by atoms with E-state index in [-0.39, 0.29) is 22.7 Å². The molecule has 0 fully saturated rings. The predicted octanol–water partition coefficient (Wildman–Crippen LogP) is 0.240. The lowest BCUT2D eigenvalue weighted by atomic mass is 10.1. The molecule has 1 aromatic rings. The minimum atomic E-state index is -0.770. The van der Waals surface area contributed by atoms with Crippen LogP contribution in [0.5, 0.6) is 0 Å². The van der Waals surface area contributed by atoms with Crippen LogP contribution >= 0.6 is 0 Å². The molecular weight excluding hydrogens is 298 g/mol. The topological polar surface area (TPSA) is 144 Å². The number of amides is 2. The first-order valence-corrected chi connectivity index (χ1v) is 7.20. The average Bonchev–Trinajstić information content (AvgIpc) is 2.75. The maximum Gasteiger partial charge on any atom is 0.316 e. The van der Waals surface area contributed by atoms with Gasteiger partial charge in [-0.05, 0) is 31.1 Å². The molecule has 0 unspecified atom stereocenters. The summed E-state index contributed by atoms with van der Waals surface area (Å²) in [6, 6.07) is -0.770. The van der Waals surface area contributed by atoms with Crippen LogP contribution in [0.4, 0.5) is 16.3 Å². The average molecular weight is 315 g/mol. The number of allylic oxidation sites excluding steroid dienone is 3.